The SMILES string of the molecule is C=CCc1ccccc1OCC(=O)Nc1ccc(S(=O)(=O)Nc2ccccn2)cc1. The normalized spacial score (nSPS) is 10.8. The van der Waals surface area contributed by atoms with Crippen molar-refractivity contribution in [1.82, 2.24) is 4.98 Å². The van der Waals surface area contributed by atoms with Crippen molar-refractivity contribution in [3.8, 4) is 5.75 Å². The molecule has 0 unspecified atom stereocenters. The Labute approximate surface area is 175 Å². The number of sulfonamides is 1. The fraction of sp³-hybridized carbons (Fsp3) is 0.0909. The second-order valence-corrected chi connectivity index (χ2v) is 7.96. The van der Waals surface area contributed by atoms with Gasteiger partial charge in [-0.1, -0.05) is 30.3 Å². The number of hydrogen-bond acceptors (Lipinski definition) is 5. The second kappa shape index (κ2) is 9.71. The zero-order chi connectivity index (χ0) is 21.4. The Morgan fingerprint density at radius 1 is 1.03 bits per heavy atom. The first-order valence-corrected chi connectivity index (χ1v) is 10.6. The van der Waals surface area contributed by atoms with Gasteiger partial charge in [0.1, 0.15) is 11.6 Å². The smallest absolute Gasteiger partial charge is 0.263 e. The van der Waals surface area contributed by atoms with E-state index < -0.39 is 10.0 Å². The number of nitrogens with one attached hydrogen (secondary N) is 2. The predicted molar refractivity (Wildman–Crippen MR) is 116 cm³/mol. The molecule has 0 aliphatic carbocycles. The van der Waals surface area contributed by atoms with Crippen LogP contribution in [0.2, 0.25) is 0 Å². The quantitative estimate of drug-likeness (QED) is 0.512. The molecule has 2 aromatic carbocycles. The first-order chi connectivity index (χ1) is 14.5. The molecule has 0 fully saturated rings. The van der Waals surface area contributed by atoms with Crippen LogP contribution in [0.3, 0.4) is 0 Å². The average molecular weight is 423 g/mol. The van der Waals surface area contributed by atoms with E-state index in [1.54, 1.807) is 30.3 Å². The van der Waals surface area contributed by atoms with Crippen molar-refractivity contribution in [1.29, 1.82) is 0 Å². The van der Waals surface area contributed by atoms with Crippen LogP contribution >= 0.6 is 0 Å². The van der Waals surface area contributed by atoms with Crippen molar-refractivity contribution in [3.63, 3.8) is 0 Å². The number of hydrogen-bond donors (Lipinski definition) is 2. The average Bonchev–Trinajstić information content (AvgIpc) is 2.74. The monoisotopic (exact) mass is 423 g/mol. The highest BCUT2D eigenvalue weighted by Gasteiger charge is 2.15. The number of allylic oxidation sites excluding steroid dienone is 1. The van der Waals surface area contributed by atoms with Crippen LogP contribution in [0.25, 0.3) is 0 Å². The standard InChI is InChI=1S/C22H21N3O4S/c1-2-7-17-8-3-4-9-20(17)29-16-22(26)24-18-11-13-19(14-12-18)30(27,28)25-21-10-5-6-15-23-21/h2-6,8-15H,1,7,16H2,(H,23,25)(H,24,26). The Hall–Kier alpha value is -3.65. The van der Waals surface area contributed by atoms with Crippen molar-refractivity contribution in [2.45, 2.75) is 11.3 Å². The zero-order valence-corrected chi connectivity index (χ0v) is 16.9. The van der Waals surface area contributed by atoms with Gasteiger partial charge in [-0.05, 0) is 54.4 Å². The summed E-state index contributed by atoms with van der Waals surface area (Å²) in [4.78, 5) is 16.2. The second-order valence-electron chi connectivity index (χ2n) is 6.28. The van der Waals surface area contributed by atoms with Gasteiger partial charge in [0.25, 0.3) is 15.9 Å². The van der Waals surface area contributed by atoms with Crippen LogP contribution in [0.15, 0.2) is 90.5 Å². The number of nitrogens with zero attached hydrogens (tertiary/aromatic N) is 1. The summed E-state index contributed by atoms with van der Waals surface area (Å²) >= 11 is 0. The number of para-hydroxylation sites is 1. The maximum atomic E-state index is 12.4. The number of anilines is 2. The molecule has 30 heavy (non-hydrogen) atoms. The summed E-state index contributed by atoms with van der Waals surface area (Å²) in [5, 5.41) is 2.68. The van der Waals surface area contributed by atoms with Crippen molar-refractivity contribution in [3.05, 3.63) is 91.1 Å². The lowest BCUT2D eigenvalue weighted by atomic mass is 10.1. The van der Waals surface area contributed by atoms with Crippen LogP contribution in [0, 0.1) is 0 Å². The Bertz CT molecular complexity index is 1110. The molecule has 0 radical (unpaired) electrons. The highest BCUT2D eigenvalue weighted by atomic mass is 32.2. The van der Waals surface area contributed by atoms with E-state index in [9.17, 15) is 13.2 Å². The van der Waals surface area contributed by atoms with Crippen LogP contribution in [0.4, 0.5) is 11.5 Å². The van der Waals surface area contributed by atoms with Gasteiger partial charge in [-0.15, -0.1) is 6.58 Å². The van der Waals surface area contributed by atoms with Gasteiger partial charge in [-0.3, -0.25) is 9.52 Å². The number of rotatable bonds is 9. The molecule has 154 valence electrons. The molecule has 0 saturated carbocycles. The van der Waals surface area contributed by atoms with Gasteiger partial charge in [-0.25, -0.2) is 13.4 Å². The molecule has 3 aromatic rings. The van der Waals surface area contributed by atoms with Crippen LogP contribution in [0.1, 0.15) is 5.56 Å². The number of benzene rings is 2. The molecule has 0 atom stereocenters. The molecule has 0 aliphatic heterocycles. The van der Waals surface area contributed by atoms with Crippen molar-refractivity contribution in [2.75, 3.05) is 16.6 Å². The van der Waals surface area contributed by atoms with Gasteiger partial charge in [0.05, 0.1) is 4.90 Å². The molecule has 1 heterocycles. The van der Waals surface area contributed by atoms with E-state index in [2.05, 4.69) is 21.6 Å². The van der Waals surface area contributed by atoms with Crippen LogP contribution < -0.4 is 14.8 Å². The summed E-state index contributed by atoms with van der Waals surface area (Å²) in [6.07, 6.45) is 3.90. The van der Waals surface area contributed by atoms with Gasteiger partial charge in [0, 0.05) is 11.9 Å². The molecule has 0 aliphatic rings. The van der Waals surface area contributed by atoms with Crippen LogP contribution in [0.5, 0.6) is 5.75 Å². The molecule has 0 spiro atoms. The molecule has 2 N–H and O–H groups in total. The van der Waals surface area contributed by atoms with E-state index in [0.717, 1.165) is 5.56 Å². The first kappa shape index (κ1) is 21.1. The maximum absolute atomic E-state index is 12.4. The topological polar surface area (TPSA) is 97.4 Å². The summed E-state index contributed by atoms with van der Waals surface area (Å²) in [6, 6.07) is 18.2. The molecular formula is C22H21N3O4S. The lowest BCUT2D eigenvalue weighted by Crippen LogP contribution is -2.20. The van der Waals surface area contributed by atoms with Gasteiger partial charge < -0.3 is 10.1 Å². The minimum absolute atomic E-state index is 0.0563. The van der Waals surface area contributed by atoms with Crippen LogP contribution in [-0.2, 0) is 21.2 Å². The number of pyridine rings is 1. The number of aromatic nitrogens is 1. The van der Waals surface area contributed by atoms with Gasteiger partial charge >= 0.3 is 0 Å². The molecule has 1 aromatic heterocycles. The van der Waals surface area contributed by atoms with E-state index in [1.165, 1.54) is 30.5 Å². The predicted octanol–water partition coefficient (Wildman–Crippen LogP) is 3.63. The van der Waals surface area contributed by atoms with Crippen molar-refractivity contribution in [2.24, 2.45) is 0 Å². The number of carbonyl (C=O) groups excluding carboxylic acids is 1. The third-order valence-electron chi connectivity index (χ3n) is 4.05. The molecule has 0 bridgehead atoms. The Balaban J connectivity index is 1.59. The summed E-state index contributed by atoms with van der Waals surface area (Å²) in [5.74, 6) is 0.490. The minimum atomic E-state index is -3.77. The molecular weight excluding hydrogens is 402 g/mol. The number of ether oxygens (including phenoxy) is 1. The van der Waals surface area contributed by atoms with Crippen molar-refractivity contribution < 1.29 is 17.9 Å². The third kappa shape index (κ3) is 5.68. The van der Waals surface area contributed by atoms with Crippen LogP contribution in [-0.4, -0.2) is 25.9 Å². The highest BCUT2D eigenvalue weighted by molar-refractivity contribution is 7.92. The molecule has 7 nitrogen and oxygen atoms in total. The van der Waals surface area contributed by atoms with E-state index in [-0.39, 0.29) is 23.2 Å². The fourth-order valence-electron chi connectivity index (χ4n) is 2.65. The third-order valence-corrected chi connectivity index (χ3v) is 5.42. The number of carbonyl (C=O) groups is 1. The van der Waals surface area contributed by atoms with Gasteiger partial charge in [0.2, 0.25) is 0 Å². The van der Waals surface area contributed by atoms with E-state index >= 15 is 0 Å². The lowest BCUT2D eigenvalue weighted by molar-refractivity contribution is -0.118. The lowest BCUT2D eigenvalue weighted by Gasteiger charge is -2.11. The van der Waals surface area contributed by atoms with Gasteiger partial charge in [-0.2, -0.15) is 0 Å². The van der Waals surface area contributed by atoms with Gasteiger partial charge in [0.15, 0.2) is 6.61 Å². The Kier molecular flexibility index (Phi) is 6.82. The molecule has 0 saturated heterocycles. The summed E-state index contributed by atoms with van der Waals surface area (Å²) in [7, 11) is -3.77. The van der Waals surface area contributed by atoms with E-state index in [0.29, 0.717) is 17.9 Å². The molecule has 1 amide bonds. The fourth-order valence-corrected chi connectivity index (χ4v) is 3.65. The maximum Gasteiger partial charge on any atom is 0.263 e. The summed E-state index contributed by atoms with van der Waals surface area (Å²) in [6.45, 7) is 3.54. The van der Waals surface area contributed by atoms with E-state index in [1.807, 2.05) is 18.2 Å². The molecule has 8 heteroatoms. The summed E-state index contributed by atoms with van der Waals surface area (Å²) in [5.41, 5.74) is 1.40. The van der Waals surface area contributed by atoms with E-state index in [4.69, 9.17) is 4.74 Å². The highest BCUT2D eigenvalue weighted by Crippen LogP contribution is 2.19. The van der Waals surface area contributed by atoms with Crippen molar-refractivity contribution >= 4 is 27.4 Å². The Morgan fingerprint density at radius 3 is 2.47 bits per heavy atom. The minimum Gasteiger partial charge on any atom is -0.483 e. The summed E-state index contributed by atoms with van der Waals surface area (Å²) < 4.78 is 32.8. The molecule has 3 rings (SSSR count). The number of amides is 1. The Morgan fingerprint density at radius 2 is 1.77 bits per heavy atom. The largest absolute Gasteiger partial charge is 0.483 e. The first-order valence-electron chi connectivity index (χ1n) is 9.13. The zero-order valence-electron chi connectivity index (χ0n) is 16.1.